The van der Waals surface area contributed by atoms with Crippen molar-refractivity contribution in [1.82, 2.24) is 0 Å². The van der Waals surface area contributed by atoms with Crippen molar-refractivity contribution in [2.45, 2.75) is 25.0 Å². The van der Waals surface area contributed by atoms with Crippen molar-refractivity contribution >= 4 is 32.3 Å². The number of aryl methyl sites for hydroxylation is 1. The number of halogens is 2. The molecule has 1 heterocycles. The highest BCUT2D eigenvalue weighted by atomic mass is 32.2. The lowest BCUT2D eigenvalue weighted by molar-refractivity contribution is 0.0697. The number of rotatable bonds is 4. The third-order valence-electron chi connectivity index (χ3n) is 2.60. The summed E-state index contributed by atoms with van der Waals surface area (Å²) in [7, 11) is -4.83. The standard InChI is InChI=1S/C9H9F2NO4S2/c10-9(11)18(15,16)12-7-6(8(13)14)4-2-1-3-5(4)17-7/h9,12H,1-3H2,(H,13,14). The maximum absolute atomic E-state index is 12.2. The second kappa shape index (κ2) is 4.47. The summed E-state index contributed by atoms with van der Waals surface area (Å²) >= 11 is 0.917. The van der Waals surface area contributed by atoms with E-state index in [4.69, 9.17) is 5.11 Å². The van der Waals surface area contributed by atoms with Gasteiger partial charge in [-0.25, -0.2) is 13.2 Å². The third kappa shape index (κ3) is 2.19. The van der Waals surface area contributed by atoms with Crippen LogP contribution in [0.1, 0.15) is 27.2 Å². The van der Waals surface area contributed by atoms with Gasteiger partial charge in [0.2, 0.25) is 0 Å². The van der Waals surface area contributed by atoms with E-state index in [1.165, 1.54) is 0 Å². The second-order valence-electron chi connectivity index (χ2n) is 3.77. The Bertz CT molecular complexity index is 594. The monoisotopic (exact) mass is 297 g/mol. The maximum Gasteiger partial charge on any atom is 0.355 e. The topological polar surface area (TPSA) is 83.5 Å². The Kier molecular flexibility index (Phi) is 3.28. The van der Waals surface area contributed by atoms with Gasteiger partial charge in [0.1, 0.15) is 5.00 Å². The van der Waals surface area contributed by atoms with Crippen molar-refractivity contribution < 1.29 is 27.1 Å². The van der Waals surface area contributed by atoms with E-state index in [1.54, 1.807) is 4.72 Å². The van der Waals surface area contributed by atoms with Gasteiger partial charge in [-0.1, -0.05) is 0 Å². The Morgan fingerprint density at radius 3 is 2.61 bits per heavy atom. The summed E-state index contributed by atoms with van der Waals surface area (Å²) < 4.78 is 48.2. The average Bonchev–Trinajstić information content (AvgIpc) is 2.75. The lowest BCUT2D eigenvalue weighted by Gasteiger charge is -2.06. The fourth-order valence-electron chi connectivity index (χ4n) is 1.88. The summed E-state index contributed by atoms with van der Waals surface area (Å²) in [6, 6.07) is 0. The normalized spacial score (nSPS) is 14.8. The minimum absolute atomic E-state index is 0.197. The molecule has 1 aliphatic rings. The zero-order valence-corrected chi connectivity index (χ0v) is 10.6. The number of hydrogen-bond acceptors (Lipinski definition) is 4. The molecule has 1 aromatic rings. The van der Waals surface area contributed by atoms with Crippen LogP contribution >= 0.6 is 11.3 Å². The summed E-state index contributed by atoms with van der Waals surface area (Å²) in [4.78, 5) is 11.8. The predicted octanol–water partition coefficient (Wildman–Crippen LogP) is 1.90. The Labute approximate surface area is 105 Å². The maximum atomic E-state index is 12.2. The van der Waals surface area contributed by atoms with Gasteiger partial charge in [0.05, 0.1) is 5.56 Å². The van der Waals surface area contributed by atoms with Gasteiger partial charge < -0.3 is 5.11 Å². The predicted molar refractivity (Wildman–Crippen MR) is 61.8 cm³/mol. The summed E-state index contributed by atoms with van der Waals surface area (Å²) in [6.45, 7) is 0. The van der Waals surface area contributed by atoms with Crippen LogP contribution < -0.4 is 4.72 Å². The zero-order chi connectivity index (χ0) is 13.5. The minimum Gasteiger partial charge on any atom is -0.478 e. The van der Waals surface area contributed by atoms with Crippen molar-refractivity contribution in [2.75, 3.05) is 4.72 Å². The van der Waals surface area contributed by atoms with Crippen LogP contribution in [0.25, 0.3) is 0 Å². The van der Waals surface area contributed by atoms with Crippen LogP contribution in [0.15, 0.2) is 0 Å². The highest BCUT2D eigenvalue weighted by Crippen LogP contribution is 2.39. The average molecular weight is 297 g/mol. The van der Waals surface area contributed by atoms with E-state index in [0.717, 1.165) is 22.6 Å². The zero-order valence-electron chi connectivity index (χ0n) is 8.94. The number of hydrogen-bond donors (Lipinski definition) is 2. The molecule has 100 valence electrons. The quantitative estimate of drug-likeness (QED) is 0.889. The number of sulfonamides is 1. The van der Waals surface area contributed by atoms with E-state index >= 15 is 0 Å². The van der Waals surface area contributed by atoms with Crippen LogP contribution in [0.2, 0.25) is 0 Å². The largest absolute Gasteiger partial charge is 0.478 e. The molecular weight excluding hydrogens is 288 g/mol. The molecule has 0 saturated carbocycles. The SMILES string of the molecule is O=C(O)c1c(NS(=O)(=O)C(F)F)sc2c1CCC2. The number of aromatic carboxylic acids is 1. The first-order valence-corrected chi connectivity index (χ1v) is 7.37. The molecule has 9 heteroatoms. The summed E-state index contributed by atoms with van der Waals surface area (Å²) in [6.07, 6.45) is 1.98. The Balaban J connectivity index is 2.44. The van der Waals surface area contributed by atoms with Crippen molar-refractivity contribution in [2.24, 2.45) is 0 Å². The van der Waals surface area contributed by atoms with Gasteiger partial charge in [0.25, 0.3) is 10.0 Å². The lowest BCUT2D eigenvalue weighted by atomic mass is 10.1. The molecule has 1 aromatic heterocycles. The number of fused-ring (bicyclic) bond motifs is 1. The molecule has 0 atom stereocenters. The number of thiophene rings is 1. The highest BCUT2D eigenvalue weighted by Gasteiger charge is 2.31. The molecule has 1 aliphatic carbocycles. The molecule has 0 saturated heterocycles. The van der Waals surface area contributed by atoms with Crippen LogP contribution in [-0.2, 0) is 22.9 Å². The van der Waals surface area contributed by atoms with Gasteiger partial charge in [-0.15, -0.1) is 11.3 Å². The van der Waals surface area contributed by atoms with Gasteiger partial charge in [0, 0.05) is 4.88 Å². The number of carboxylic acid groups (broad SMARTS) is 1. The number of carboxylic acids is 1. The number of nitrogens with one attached hydrogen (secondary N) is 1. The van der Waals surface area contributed by atoms with Crippen LogP contribution in [0.4, 0.5) is 13.8 Å². The smallest absolute Gasteiger partial charge is 0.355 e. The molecule has 0 bridgehead atoms. The second-order valence-corrected chi connectivity index (χ2v) is 6.53. The first-order chi connectivity index (χ1) is 8.33. The molecule has 0 radical (unpaired) electrons. The van der Waals surface area contributed by atoms with Crippen molar-refractivity contribution in [1.29, 1.82) is 0 Å². The highest BCUT2D eigenvalue weighted by molar-refractivity contribution is 7.93. The van der Waals surface area contributed by atoms with E-state index in [1.807, 2.05) is 0 Å². The van der Waals surface area contributed by atoms with Crippen molar-refractivity contribution in [3.05, 3.63) is 16.0 Å². The van der Waals surface area contributed by atoms with Crippen LogP contribution in [0.5, 0.6) is 0 Å². The number of anilines is 1. The van der Waals surface area contributed by atoms with Gasteiger partial charge in [-0.3, -0.25) is 4.72 Å². The number of alkyl halides is 2. The van der Waals surface area contributed by atoms with Gasteiger partial charge in [-0.2, -0.15) is 8.78 Å². The Morgan fingerprint density at radius 1 is 1.39 bits per heavy atom. The molecule has 0 amide bonds. The van der Waals surface area contributed by atoms with Gasteiger partial charge in [0.15, 0.2) is 0 Å². The van der Waals surface area contributed by atoms with E-state index in [2.05, 4.69) is 0 Å². The minimum atomic E-state index is -4.83. The van der Waals surface area contributed by atoms with E-state index < -0.39 is 21.8 Å². The fraction of sp³-hybridized carbons (Fsp3) is 0.444. The van der Waals surface area contributed by atoms with Crippen LogP contribution in [-0.4, -0.2) is 25.3 Å². The lowest BCUT2D eigenvalue weighted by Crippen LogP contribution is -2.21. The van der Waals surface area contributed by atoms with Crippen LogP contribution in [0, 0.1) is 0 Å². The Hall–Kier alpha value is -1.22. The molecule has 2 N–H and O–H groups in total. The van der Waals surface area contributed by atoms with Crippen molar-refractivity contribution in [3.63, 3.8) is 0 Å². The molecule has 2 rings (SSSR count). The van der Waals surface area contributed by atoms with E-state index in [0.29, 0.717) is 18.4 Å². The summed E-state index contributed by atoms with van der Waals surface area (Å²) in [5.41, 5.74) is 0.358. The van der Waals surface area contributed by atoms with Gasteiger partial charge in [-0.05, 0) is 24.8 Å². The fourth-order valence-corrected chi connectivity index (χ4v) is 3.97. The molecule has 0 spiro atoms. The first-order valence-electron chi connectivity index (χ1n) is 5.00. The molecule has 0 aromatic carbocycles. The summed E-state index contributed by atoms with van der Waals surface area (Å²) in [5, 5.41) is 8.81. The summed E-state index contributed by atoms with van der Waals surface area (Å²) in [5.74, 6) is -4.89. The number of carbonyl (C=O) groups is 1. The van der Waals surface area contributed by atoms with Crippen molar-refractivity contribution in [3.8, 4) is 0 Å². The van der Waals surface area contributed by atoms with E-state index in [9.17, 15) is 22.0 Å². The third-order valence-corrected chi connectivity index (χ3v) is 4.90. The molecule has 5 nitrogen and oxygen atoms in total. The first kappa shape index (κ1) is 13.2. The molecule has 0 aliphatic heterocycles. The molecule has 18 heavy (non-hydrogen) atoms. The van der Waals surface area contributed by atoms with Gasteiger partial charge >= 0.3 is 11.7 Å². The van der Waals surface area contributed by atoms with Crippen LogP contribution in [0.3, 0.4) is 0 Å². The molecular formula is C9H9F2NO4S2. The van der Waals surface area contributed by atoms with E-state index in [-0.39, 0.29) is 10.6 Å². The molecule has 0 unspecified atom stereocenters. The Morgan fingerprint density at radius 2 is 2.06 bits per heavy atom. The molecule has 0 fully saturated rings.